The molecule has 0 atom stereocenters. The van der Waals surface area contributed by atoms with Crippen LogP contribution < -0.4 is 14.9 Å². The lowest BCUT2D eigenvalue weighted by Crippen LogP contribution is -2.17. The van der Waals surface area contributed by atoms with Crippen molar-refractivity contribution in [2.24, 2.45) is 11.0 Å². The highest BCUT2D eigenvalue weighted by molar-refractivity contribution is 5.95. The molecular formula is C19H22N2O3. The Morgan fingerprint density at radius 1 is 1.17 bits per heavy atom. The monoisotopic (exact) mass is 326 g/mol. The summed E-state index contributed by atoms with van der Waals surface area (Å²) in [5, 5.41) is 3.97. The SMILES string of the molecule is COc1ccccc1/C=N/NC(=O)c1ccc(OCC(C)C)cc1. The van der Waals surface area contributed by atoms with E-state index in [1.54, 1.807) is 37.6 Å². The van der Waals surface area contributed by atoms with Gasteiger partial charge in [0.1, 0.15) is 11.5 Å². The van der Waals surface area contributed by atoms with Gasteiger partial charge in [0.15, 0.2) is 0 Å². The maximum Gasteiger partial charge on any atom is 0.271 e. The van der Waals surface area contributed by atoms with Crippen molar-refractivity contribution in [2.45, 2.75) is 13.8 Å². The molecule has 2 aromatic carbocycles. The molecule has 5 nitrogen and oxygen atoms in total. The topological polar surface area (TPSA) is 59.9 Å². The van der Waals surface area contributed by atoms with Crippen LogP contribution in [0.2, 0.25) is 0 Å². The Morgan fingerprint density at radius 2 is 1.88 bits per heavy atom. The minimum Gasteiger partial charge on any atom is -0.496 e. The zero-order valence-corrected chi connectivity index (χ0v) is 14.2. The maximum absolute atomic E-state index is 12.1. The first-order chi connectivity index (χ1) is 11.6. The molecule has 0 bridgehead atoms. The van der Waals surface area contributed by atoms with Crippen molar-refractivity contribution in [3.05, 3.63) is 59.7 Å². The number of ether oxygens (including phenoxy) is 2. The molecule has 0 aliphatic carbocycles. The number of hydrazone groups is 1. The van der Waals surface area contributed by atoms with E-state index in [0.717, 1.165) is 11.3 Å². The summed E-state index contributed by atoms with van der Waals surface area (Å²) in [5.41, 5.74) is 3.81. The van der Waals surface area contributed by atoms with Crippen LogP contribution in [0.5, 0.6) is 11.5 Å². The van der Waals surface area contributed by atoms with E-state index in [1.165, 1.54) is 0 Å². The lowest BCUT2D eigenvalue weighted by molar-refractivity contribution is 0.0955. The van der Waals surface area contributed by atoms with Crippen LogP contribution in [0.3, 0.4) is 0 Å². The molecule has 0 aromatic heterocycles. The molecule has 0 saturated carbocycles. The number of methoxy groups -OCH3 is 1. The molecule has 0 spiro atoms. The molecule has 0 saturated heterocycles. The molecule has 0 fully saturated rings. The van der Waals surface area contributed by atoms with Crippen molar-refractivity contribution < 1.29 is 14.3 Å². The summed E-state index contributed by atoms with van der Waals surface area (Å²) in [6.45, 7) is 4.82. The number of hydrogen-bond acceptors (Lipinski definition) is 4. The van der Waals surface area contributed by atoms with Gasteiger partial charge in [-0.2, -0.15) is 5.10 Å². The van der Waals surface area contributed by atoms with E-state index >= 15 is 0 Å². The van der Waals surface area contributed by atoms with Crippen molar-refractivity contribution in [3.8, 4) is 11.5 Å². The van der Waals surface area contributed by atoms with Gasteiger partial charge in [0.25, 0.3) is 5.91 Å². The Kier molecular flexibility index (Phi) is 6.37. The summed E-state index contributed by atoms with van der Waals surface area (Å²) in [6, 6.07) is 14.4. The average Bonchev–Trinajstić information content (AvgIpc) is 2.60. The number of hydrogen-bond donors (Lipinski definition) is 1. The van der Waals surface area contributed by atoms with Crippen molar-refractivity contribution in [1.82, 2.24) is 5.43 Å². The fourth-order valence-electron chi connectivity index (χ4n) is 1.96. The van der Waals surface area contributed by atoms with Crippen LogP contribution in [0.25, 0.3) is 0 Å². The van der Waals surface area contributed by atoms with Gasteiger partial charge in [0, 0.05) is 11.1 Å². The van der Waals surface area contributed by atoms with Crippen LogP contribution in [0.1, 0.15) is 29.8 Å². The smallest absolute Gasteiger partial charge is 0.271 e. The number of carbonyl (C=O) groups is 1. The second kappa shape index (κ2) is 8.72. The number of benzene rings is 2. The fraction of sp³-hybridized carbons (Fsp3) is 0.263. The Morgan fingerprint density at radius 3 is 2.54 bits per heavy atom. The average molecular weight is 326 g/mol. The van der Waals surface area contributed by atoms with Crippen LogP contribution >= 0.6 is 0 Å². The van der Waals surface area contributed by atoms with Crippen LogP contribution in [0, 0.1) is 5.92 Å². The van der Waals surface area contributed by atoms with Gasteiger partial charge >= 0.3 is 0 Å². The lowest BCUT2D eigenvalue weighted by atomic mass is 10.2. The van der Waals surface area contributed by atoms with Gasteiger partial charge in [-0.15, -0.1) is 0 Å². The van der Waals surface area contributed by atoms with Gasteiger partial charge in [-0.05, 0) is 42.3 Å². The molecule has 1 N–H and O–H groups in total. The molecule has 2 aromatic rings. The van der Waals surface area contributed by atoms with E-state index in [0.29, 0.717) is 23.8 Å². The summed E-state index contributed by atoms with van der Waals surface area (Å²) >= 11 is 0. The maximum atomic E-state index is 12.1. The van der Waals surface area contributed by atoms with Gasteiger partial charge in [-0.25, -0.2) is 5.43 Å². The minimum absolute atomic E-state index is 0.281. The van der Waals surface area contributed by atoms with Gasteiger partial charge in [0.05, 0.1) is 19.9 Å². The number of rotatable bonds is 7. The molecule has 0 unspecified atom stereocenters. The predicted octanol–water partition coefficient (Wildman–Crippen LogP) is 3.49. The molecule has 0 aliphatic heterocycles. The van der Waals surface area contributed by atoms with Gasteiger partial charge < -0.3 is 9.47 Å². The summed E-state index contributed by atoms with van der Waals surface area (Å²) in [4.78, 5) is 12.1. The number of nitrogens with one attached hydrogen (secondary N) is 1. The second-order valence-electron chi connectivity index (χ2n) is 5.67. The molecular weight excluding hydrogens is 304 g/mol. The first-order valence-electron chi connectivity index (χ1n) is 7.79. The van der Waals surface area contributed by atoms with Crippen LogP contribution in [0.15, 0.2) is 53.6 Å². The highest BCUT2D eigenvalue weighted by Gasteiger charge is 2.05. The molecule has 126 valence electrons. The van der Waals surface area contributed by atoms with E-state index in [4.69, 9.17) is 9.47 Å². The number of carbonyl (C=O) groups excluding carboxylic acids is 1. The Balaban J connectivity index is 1.93. The standard InChI is InChI=1S/C19H22N2O3/c1-14(2)13-24-17-10-8-15(9-11-17)19(22)21-20-12-16-6-4-5-7-18(16)23-3/h4-12,14H,13H2,1-3H3,(H,21,22)/b20-12+. The quantitative estimate of drug-likeness (QED) is 0.626. The summed E-state index contributed by atoms with van der Waals surface area (Å²) in [6.07, 6.45) is 1.55. The number of nitrogens with zero attached hydrogens (tertiary/aromatic N) is 1. The normalized spacial score (nSPS) is 10.8. The molecule has 1 amide bonds. The Hall–Kier alpha value is -2.82. The highest BCUT2D eigenvalue weighted by atomic mass is 16.5. The van der Waals surface area contributed by atoms with Crippen molar-refractivity contribution in [2.75, 3.05) is 13.7 Å². The third-order valence-corrected chi connectivity index (χ3v) is 3.21. The van der Waals surface area contributed by atoms with Crippen molar-refractivity contribution >= 4 is 12.1 Å². The first-order valence-corrected chi connectivity index (χ1v) is 7.79. The van der Waals surface area contributed by atoms with Crippen LogP contribution in [-0.4, -0.2) is 25.8 Å². The minimum atomic E-state index is -0.281. The second-order valence-corrected chi connectivity index (χ2v) is 5.67. The number of para-hydroxylation sites is 1. The van der Waals surface area contributed by atoms with Gasteiger partial charge in [-0.3, -0.25) is 4.79 Å². The third-order valence-electron chi connectivity index (χ3n) is 3.21. The molecule has 0 heterocycles. The van der Waals surface area contributed by atoms with E-state index in [-0.39, 0.29) is 5.91 Å². The van der Waals surface area contributed by atoms with E-state index in [9.17, 15) is 4.79 Å². The van der Waals surface area contributed by atoms with E-state index in [2.05, 4.69) is 24.4 Å². The van der Waals surface area contributed by atoms with Gasteiger partial charge in [0.2, 0.25) is 0 Å². The molecule has 24 heavy (non-hydrogen) atoms. The van der Waals surface area contributed by atoms with Gasteiger partial charge in [-0.1, -0.05) is 26.0 Å². The highest BCUT2D eigenvalue weighted by Crippen LogP contribution is 2.15. The molecule has 0 aliphatic rings. The third kappa shape index (κ3) is 5.12. The molecule has 2 rings (SSSR count). The Bertz CT molecular complexity index is 694. The zero-order chi connectivity index (χ0) is 17.4. The zero-order valence-electron chi connectivity index (χ0n) is 14.2. The van der Waals surface area contributed by atoms with Crippen LogP contribution in [-0.2, 0) is 0 Å². The predicted molar refractivity (Wildman–Crippen MR) is 94.8 cm³/mol. The summed E-state index contributed by atoms with van der Waals surface area (Å²) in [5.74, 6) is 1.62. The van der Waals surface area contributed by atoms with E-state index in [1.807, 2.05) is 24.3 Å². The molecule has 0 radical (unpaired) electrons. The summed E-state index contributed by atoms with van der Waals surface area (Å²) < 4.78 is 10.8. The Labute approximate surface area is 142 Å². The first kappa shape index (κ1) is 17.5. The molecule has 5 heteroatoms. The van der Waals surface area contributed by atoms with Crippen molar-refractivity contribution in [3.63, 3.8) is 0 Å². The van der Waals surface area contributed by atoms with E-state index < -0.39 is 0 Å². The lowest BCUT2D eigenvalue weighted by Gasteiger charge is -2.08. The van der Waals surface area contributed by atoms with Crippen molar-refractivity contribution in [1.29, 1.82) is 0 Å². The largest absolute Gasteiger partial charge is 0.496 e. The van der Waals surface area contributed by atoms with Crippen LogP contribution in [0.4, 0.5) is 0 Å². The number of amides is 1. The fourth-order valence-corrected chi connectivity index (χ4v) is 1.96. The summed E-state index contributed by atoms with van der Waals surface area (Å²) in [7, 11) is 1.59.